The molecule has 0 aliphatic carbocycles. The summed E-state index contributed by atoms with van der Waals surface area (Å²) in [5.74, 6) is 0. The number of fused-ring (bicyclic) bond motifs is 10. The van der Waals surface area contributed by atoms with Crippen molar-refractivity contribution in [2.75, 3.05) is 19.5 Å². The third-order valence-electron chi connectivity index (χ3n) is 14.0. The van der Waals surface area contributed by atoms with Gasteiger partial charge in [-0.1, -0.05) is 120 Å². The zero-order valence-corrected chi connectivity index (χ0v) is 36.4. The Bertz CT molecular complexity index is 3290. The van der Waals surface area contributed by atoms with E-state index in [2.05, 4.69) is 241 Å². The van der Waals surface area contributed by atoms with Crippen LogP contribution in [0.25, 0.3) is 11.1 Å². The van der Waals surface area contributed by atoms with Gasteiger partial charge in [0, 0.05) is 68.1 Å². The zero-order chi connectivity index (χ0) is 42.8. The molecular formula is C58H44B2N4. The van der Waals surface area contributed by atoms with Gasteiger partial charge in [-0.25, -0.2) is 0 Å². The lowest BCUT2D eigenvalue weighted by molar-refractivity contribution is 1.23. The first kappa shape index (κ1) is 36.9. The molecule has 9 aromatic carbocycles. The summed E-state index contributed by atoms with van der Waals surface area (Å²) in [5, 5.41) is 0. The Balaban J connectivity index is 1.16. The molecule has 0 saturated heterocycles. The van der Waals surface area contributed by atoms with E-state index in [1.54, 1.807) is 0 Å². The molecule has 302 valence electrons. The van der Waals surface area contributed by atoms with Crippen molar-refractivity contribution in [3.05, 3.63) is 216 Å². The molecule has 0 spiro atoms. The van der Waals surface area contributed by atoms with E-state index in [1.165, 1.54) is 94.8 Å². The minimum absolute atomic E-state index is 0.0511. The van der Waals surface area contributed by atoms with Crippen LogP contribution in [-0.2, 0) is 0 Å². The van der Waals surface area contributed by atoms with Crippen molar-refractivity contribution in [3.8, 4) is 11.1 Å². The Morgan fingerprint density at radius 1 is 0.359 bits per heavy atom. The summed E-state index contributed by atoms with van der Waals surface area (Å²) in [7, 11) is 0. The topological polar surface area (TPSA) is 13.0 Å². The number of hydrogen-bond donors (Lipinski definition) is 0. The van der Waals surface area contributed by atoms with Gasteiger partial charge in [0.05, 0.1) is 0 Å². The van der Waals surface area contributed by atoms with Gasteiger partial charge in [0.15, 0.2) is 0 Å². The summed E-state index contributed by atoms with van der Waals surface area (Å²) in [6.07, 6.45) is 0. The van der Waals surface area contributed by atoms with Gasteiger partial charge >= 0.3 is 6.85 Å². The smallest absolute Gasteiger partial charge is 0.333 e. The van der Waals surface area contributed by atoms with Crippen LogP contribution in [0.2, 0.25) is 0 Å². The maximum atomic E-state index is 2.64. The lowest BCUT2D eigenvalue weighted by Gasteiger charge is -2.51. The maximum Gasteiger partial charge on any atom is 0.333 e. The molecule has 0 unspecified atom stereocenters. The fourth-order valence-corrected chi connectivity index (χ4v) is 11.2. The Hall–Kier alpha value is -7.69. The number of hydrogen-bond acceptors (Lipinski definition) is 4. The first-order chi connectivity index (χ1) is 31.4. The summed E-state index contributed by atoms with van der Waals surface area (Å²) in [4.78, 5) is 10.2. The summed E-state index contributed by atoms with van der Waals surface area (Å²) in [5.41, 5.74) is 27.3. The van der Waals surface area contributed by atoms with Gasteiger partial charge in [-0.2, -0.15) is 0 Å². The minimum Gasteiger partial charge on any atom is -0.376 e. The van der Waals surface area contributed by atoms with Crippen molar-refractivity contribution in [1.29, 1.82) is 0 Å². The van der Waals surface area contributed by atoms with E-state index < -0.39 is 0 Å². The van der Waals surface area contributed by atoms with Crippen LogP contribution < -0.4 is 46.8 Å². The average molecular weight is 819 g/mol. The number of benzene rings is 9. The van der Waals surface area contributed by atoms with Crippen LogP contribution in [0.4, 0.5) is 62.6 Å². The van der Waals surface area contributed by atoms with Crippen LogP contribution in [0.1, 0.15) is 22.3 Å². The van der Waals surface area contributed by atoms with Crippen molar-refractivity contribution < 1.29 is 0 Å². The molecule has 4 heterocycles. The summed E-state index contributed by atoms with van der Waals surface area (Å²) in [6.45, 7) is 8.72. The second kappa shape index (κ2) is 13.9. The van der Waals surface area contributed by atoms with Gasteiger partial charge < -0.3 is 19.5 Å². The highest BCUT2D eigenvalue weighted by Crippen LogP contribution is 2.52. The molecule has 64 heavy (non-hydrogen) atoms. The van der Waals surface area contributed by atoms with Crippen LogP contribution in [0.3, 0.4) is 0 Å². The van der Waals surface area contributed by atoms with Crippen LogP contribution in [0.5, 0.6) is 0 Å². The van der Waals surface area contributed by atoms with Gasteiger partial charge in [-0.3, -0.25) is 0 Å². The van der Waals surface area contributed by atoms with E-state index in [1.807, 2.05) is 0 Å². The highest BCUT2D eigenvalue weighted by molar-refractivity contribution is 7.02. The highest BCUT2D eigenvalue weighted by atomic mass is 15.2. The fraction of sp³-hybridized carbons (Fsp3) is 0.0690. The molecule has 9 aromatic rings. The van der Waals surface area contributed by atoms with Crippen molar-refractivity contribution >= 4 is 103 Å². The number of rotatable bonds is 5. The van der Waals surface area contributed by atoms with Gasteiger partial charge in [-0.15, -0.1) is 0 Å². The Morgan fingerprint density at radius 2 is 0.906 bits per heavy atom. The van der Waals surface area contributed by atoms with E-state index in [9.17, 15) is 0 Å². The second-order valence-electron chi connectivity index (χ2n) is 18.1. The zero-order valence-electron chi connectivity index (χ0n) is 36.4. The fourth-order valence-electron chi connectivity index (χ4n) is 11.2. The molecule has 0 aromatic heterocycles. The number of nitrogens with zero attached hydrogens (tertiary/aromatic N) is 4. The van der Waals surface area contributed by atoms with Crippen LogP contribution in [0.15, 0.2) is 194 Å². The van der Waals surface area contributed by atoms with Crippen molar-refractivity contribution in [3.63, 3.8) is 0 Å². The standard InChI is InChI=1S/C58H44B2N4/c1-37-19-25-42(26-20-37)61(43-27-21-38(2)22-28-43)45-29-30-46-47-36-55-57-58-56(47)60(64(52(46)35-45)44-15-9-6-10-16-44)50-17-11-12-18-51(50)63(58)54-34-40(4)24-32-49(54)59(57)48-31-23-39(3)33-53(48)62(55)41-13-7-5-8-14-41/h5-36H,1-4H3. The second-order valence-corrected chi connectivity index (χ2v) is 18.1. The van der Waals surface area contributed by atoms with Crippen molar-refractivity contribution in [2.24, 2.45) is 0 Å². The molecule has 0 N–H and O–H groups in total. The molecule has 0 radical (unpaired) electrons. The van der Waals surface area contributed by atoms with Crippen molar-refractivity contribution in [2.45, 2.75) is 27.7 Å². The predicted octanol–water partition coefficient (Wildman–Crippen LogP) is 11.7. The molecular weight excluding hydrogens is 774 g/mol. The van der Waals surface area contributed by atoms with E-state index in [4.69, 9.17) is 0 Å². The first-order valence-corrected chi connectivity index (χ1v) is 22.5. The van der Waals surface area contributed by atoms with Crippen LogP contribution in [0, 0.1) is 27.7 Å². The number of anilines is 11. The third-order valence-corrected chi connectivity index (χ3v) is 14.0. The van der Waals surface area contributed by atoms with E-state index in [0.717, 1.165) is 28.4 Å². The largest absolute Gasteiger partial charge is 0.376 e. The average Bonchev–Trinajstić information content (AvgIpc) is 3.32. The Labute approximate surface area is 376 Å². The van der Waals surface area contributed by atoms with Crippen LogP contribution in [-0.4, -0.2) is 13.6 Å². The molecule has 0 fully saturated rings. The first-order valence-electron chi connectivity index (χ1n) is 22.5. The molecule has 0 amide bonds. The van der Waals surface area contributed by atoms with Crippen molar-refractivity contribution in [1.82, 2.24) is 0 Å². The van der Waals surface area contributed by atoms with E-state index in [-0.39, 0.29) is 13.6 Å². The van der Waals surface area contributed by atoms with Crippen LogP contribution >= 0.6 is 0 Å². The van der Waals surface area contributed by atoms with Gasteiger partial charge in [-0.05, 0) is 157 Å². The Kier molecular flexibility index (Phi) is 8.02. The quantitative estimate of drug-likeness (QED) is 0.160. The summed E-state index contributed by atoms with van der Waals surface area (Å²) < 4.78 is 0. The van der Waals surface area contributed by atoms with E-state index in [0.29, 0.717) is 0 Å². The molecule has 4 nitrogen and oxygen atoms in total. The van der Waals surface area contributed by atoms with Gasteiger partial charge in [0.1, 0.15) is 0 Å². The third kappa shape index (κ3) is 5.32. The monoisotopic (exact) mass is 818 g/mol. The molecule has 4 aliphatic rings. The minimum atomic E-state index is -0.100. The predicted molar refractivity (Wildman–Crippen MR) is 273 cm³/mol. The number of aryl methyl sites for hydroxylation is 4. The molecule has 4 aliphatic heterocycles. The van der Waals surface area contributed by atoms with Gasteiger partial charge in [0.25, 0.3) is 6.71 Å². The summed E-state index contributed by atoms with van der Waals surface area (Å²) >= 11 is 0. The molecule has 0 bridgehead atoms. The lowest BCUT2D eigenvalue weighted by Crippen LogP contribution is -2.68. The molecule has 0 atom stereocenters. The molecule has 13 rings (SSSR count). The lowest BCUT2D eigenvalue weighted by atomic mass is 9.31. The SMILES string of the molecule is Cc1ccc(N(c2ccc(C)cc2)c2ccc3c(c2)N(c2ccccc2)B2c4ccccc4N4c5cc(C)ccc5B5c6ccc(C)cc6N(c6ccccc6)c6cc-3c2c4c65)cc1. The Morgan fingerprint density at radius 3 is 1.55 bits per heavy atom. The normalized spacial score (nSPS) is 13.5. The molecule has 6 heteroatoms. The summed E-state index contributed by atoms with van der Waals surface area (Å²) in [6, 6.07) is 73.0. The maximum absolute atomic E-state index is 2.64. The number of para-hydroxylation sites is 3. The molecule has 0 saturated carbocycles. The van der Waals surface area contributed by atoms with E-state index >= 15 is 0 Å². The highest BCUT2D eigenvalue weighted by Gasteiger charge is 2.52. The van der Waals surface area contributed by atoms with Gasteiger partial charge in [0.2, 0.25) is 0 Å².